The Hall–Kier alpha value is -2.45. The Morgan fingerprint density at radius 3 is 2.19 bits per heavy atom. The first-order valence-electron chi connectivity index (χ1n) is 11.2. The van der Waals surface area contributed by atoms with Crippen molar-refractivity contribution in [1.29, 1.82) is 0 Å². The number of piperidine rings is 2. The number of nitrogens with one attached hydrogen (secondary N) is 1. The minimum Gasteiger partial charge on any atom is -0.444 e. The normalized spacial score (nSPS) is 18.4. The quantitative estimate of drug-likeness (QED) is 0.674. The van der Waals surface area contributed by atoms with E-state index < -0.39 is 23.4 Å². The lowest BCUT2D eigenvalue weighted by atomic mass is 9.96. The summed E-state index contributed by atoms with van der Waals surface area (Å²) in [6.45, 7) is 7.62. The Balaban J connectivity index is 1.69. The summed E-state index contributed by atoms with van der Waals surface area (Å²) < 4.78 is 45.3. The van der Waals surface area contributed by atoms with Gasteiger partial charge in [-0.15, -0.1) is 0 Å². The molecule has 9 heteroatoms. The molecule has 0 spiro atoms. The van der Waals surface area contributed by atoms with Gasteiger partial charge in [0.15, 0.2) is 0 Å². The molecule has 2 heterocycles. The van der Waals surface area contributed by atoms with Crippen LogP contribution in [0.3, 0.4) is 0 Å². The van der Waals surface area contributed by atoms with E-state index in [1.165, 1.54) is 6.07 Å². The second-order valence-corrected chi connectivity index (χ2v) is 9.51. The predicted molar refractivity (Wildman–Crippen MR) is 117 cm³/mol. The molecule has 0 unspecified atom stereocenters. The van der Waals surface area contributed by atoms with Crippen molar-refractivity contribution in [3.8, 4) is 0 Å². The molecule has 0 aliphatic carbocycles. The van der Waals surface area contributed by atoms with Crippen LogP contribution >= 0.6 is 0 Å². The van der Waals surface area contributed by atoms with Gasteiger partial charge in [-0.2, -0.15) is 13.2 Å². The third-order valence-corrected chi connectivity index (χ3v) is 5.80. The summed E-state index contributed by atoms with van der Waals surface area (Å²) in [5.41, 5.74) is -0.563. The number of hydrogen-bond donors (Lipinski definition) is 1. The van der Waals surface area contributed by atoms with Crippen molar-refractivity contribution in [3.63, 3.8) is 0 Å². The molecule has 1 N–H and O–H groups in total. The van der Waals surface area contributed by atoms with Gasteiger partial charge in [0, 0.05) is 32.1 Å². The Morgan fingerprint density at radius 1 is 1.00 bits per heavy atom. The zero-order valence-electron chi connectivity index (χ0n) is 18.9. The maximum Gasteiger partial charge on any atom is 0.416 e. The molecule has 0 bridgehead atoms. The number of amides is 2. The zero-order chi connectivity index (χ0) is 23.5. The largest absolute Gasteiger partial charge is 0.444 e. The first-order chi connectivity index (χ1) is 14.9. The number of carbonyl (C=O) groups is 2. The molecule has 3 rings (SSSR count). The third-order valence-electron chi connectivity index (χ3n) is 5.80. The molecule has 2 saturated heterocycles. The van der Waals surface area contributed by atoms with Crippen molar-refractivity contribution in [2.24, 2.45) is 5.92 Å². The van der Waals surface area contributed by atoms with Gasteiger partial charge >= 0.3 is 12.3 Å². The fourth-order valence-corrected chi connectivity index (χ4v) is 4.11. The lowest BCUT2D eigenvalue weighted by Gasteiger charge is -2.34. The monoisotopic (exact) mass is 455 g/mol. The smallest absolute Gasteiger partial charge is 0.416 e. The molecule has 1 aromatic carbocycles. The van der Waals surface area contributed by atoms with E-state index in [4.69, 9.17) is 4.74 Å². The summed E-state index contributed by atoms with van der Waals surface area (Å²) in [6.07, 6.45) is -1.00. The molecule has 0 saturated carbocycles. The molecule has 0 aromatic heterocycles. The van der Waals surface area contributed by atoms with Crippen LogP contribution in [0, 0.1) is 5.92 Å². The van der Waals surface area contributed by atoms with E-state index in [0.717, 1.165) is 44.5 Å². The number of alkyl halides is 3. The molecule has 178 valence electrons. The average molecular weight is 456 g/mol. The summed E-state index contributed by atoms with van der Waals surface area (Å²) in [5.74, 6) is -0.691. The summed E-state index contributed by atoms with van der Waals surface area (Å²) in [4.78, 5) is 28.7. The van der Waals surface area contributed by atoms with Crippen molar-refractivity contribution in [1.82, 2.24) is 4.90 Å². The Labute approximate surface area is 187 Å². The van der Waals surface area contributed by atoms with Crippen molar-refractivity contribution in [2.75, 3.05) is 36.4 Å². The van der Waals surface area contributed by atoms with Gasteiger partial charge in [-0.25, -0.2) is 4.79 Å². The zero-order valence-corrected chi connectivity index (χ0v) is 18.9. The highest BCUT2D eigenvalue weighted by Gasteiger charge is 2.33. The average Bonchev–Trinajstić information content (AvgIpc) is 2.72. The van der Waals surface area contributed by atoms with Crippen molar-refractivity contribution in [2.45, 2.75) is 64.7 Å². The maximum atomic E-state index is 13.3. The van der Waals surface area contributed by atoms with Gasteiger partial charge < -0.3 is 19.9 Å². The van der Waals surface area contributed by atoms with Gasteiger partial charge in [-0.3, -0.25) is 4.79 Å². The van der Waals surface area contributed by atoms with Crippen LogP contribution in [0.1, 0.15) is 58.4 Å². The van der Waals surface area contributed by atoms with E-state index in [1.54, 1.807) is 25.7 Å². The van der Waals surface area contributed by atoms with Crippen LogP contribution in [0.25, 0.3) is 0 Å². The van der Waals surface area contributed by atoms with Gasteiger partial charge in [0.1, 0.15) is 5.60 Å². The molecule has 1 aromatic rings. The number of likely N-dealkylation sites (tertiary alicyclic amines) is 1. The standard InChI is InChI=1S/C23H32F3N3O3/c1-22(2,3)32-21(31)29-13-9-16(10-14-29)20(30)27-18-15-17(23(24,25)26)7-8-19(18)28-11-5-4-6-12-28/h7-8,15-16H,4-6,9-14H2,1-3H3,(H,27,30). The Bertz CT molecular complexity index is 822. The van der Waals surface area contributed by atoms with Gasteiger partial charge in [0.2, 0.25) is 5.91 Å². The van der Waals surface area contributed by atoms with E-state index >= 15 is 0 Å². The van der Waals surface area contributed by atoms with Gasteiger partial charge in [0.05, 0.1) is 16.9 Å². The topological polar surface area (TPSA) is 61.9 Å². The number of ether oxygens (including phenoxy) is 1. The minimum absolute atomic E-state index is 0.196. The van der Waals surface area contributed by atoms with Crippen molar-refractivity contribution >= 4 is 23.4 Å². The summed E-state index contributed by atoms with van der Waals surface area (Å²) in [7, 11) is 0. The first kappa shape index (κ1) is 24.2. The molecule has 2 fully saturated rings. The van der Waals surface area contributed by atoms with E-state index in [2.05, 4.69) is 5.32 Å². The van der Waals surface area contributed by atoms with E-state index in [1.807, 2.05) is 4.90 Å². The molecule has 0 radical (unpaired) electrons. The van der Waals surface area contributed by atoms with Crippen LogP contribution < -0.4 is 10.2 Å². The molecular formula is C23H32F3N3O3. The number of halogens is 3. The molecule has 32 heavy (non-hydrogen) atoms. The van der Waals surface area contributed by atoms with Crippen LogP contribution in [-0.2, 0) is 15.7 Å². The first-order valence-corrected chi connectivity index (χ1v) is 11.2. The minimum atomic E-state index is -4.49. The van der Waals surface area contributed by atoms with Crippen LogP contribution in [-0.4, -0.2) is 48.7 Å². The fourth-order valence-electron chi connectivity index (χ4n) is 4.11. The second kappa shape index (κ2) is 9.58. The lowest BCUT2D eigenvalue weighted by Crippen LogP contribution is -2.43. The summed E-state index contributed by atoms with van der Waals surface area (Å²) >= 11 is 0. The number of benzene rings is 1. The second-order valence-electron chi connectivity index (χ2n) is 9.51. The fraction of sp³-hybridized carbons (Fsp3) is 0.652. The molecular weight excluding hydrogens is 423 g/mol. The maximum absolute atomic E-state index is 13.3. The highest BCUT2D eigenvalue weighted by atomic mass is 19.4. The highest BCUT2D eigenvalue weighted by Crippen LogP contribution is 2.37. The van der Waals surface area contributed by atoms with Gasteiger partial charge in [-0.05, 0) is 71.1 Å². The van der Waals surface area contributed by atoms with E-state index in [0.29, 0.717) is 31.6 Å². The van der Waals surface area contributed by atoms with E-state index in [-0.39, 0.29) is 17.5 Å². The predicted octanol–water partition coefficient (Wildman–Crippen LogP) is 5.28. The van der Waals surface area contributed by atoms with Gasteiger partial charge in [0.25, 0.3) is 0 Å². The molecule has 2 amide bonds. The molecule has 6 nitrogen and oxygen atoms in total. The lowest BCUT2D eigenvalue weighted by molar-refractivity contribution is -0.137. The summed E-state index contributed by atoms with van der Waals surface area (Å²) in [5, 5.41) is 2.76. The highest BCUT2D eigenvalue weighted by molar-refractivity contribution is 5.96. The molecule has 2 aliphatic heterocycles. The van der Waals surface area contributed by atoms with Crippen LogP contribution in [0.5, 0.6) is 0 Å². The van der Waals surface area contributed by atoms with Crippen LogP contribution in [0.4, 0.5) is 29.3 Å². The van der Waals surface area contributed by atoms with E-state index in [9.17, 15) is 22.8 Å². The molecule has 0 atom stereocenters. The van der Waals surface area contributed by atoms with Gasteiger partial charge in [-0.1, -0.05) is 0 Å². The SMILES string of the molecule is CC(C)(C)OC(=O)N1CCC(C(=O)Nc2cc(C(F)(F)F)ccc2N2CCCCC2)CC1. The Kier molecular flexibility index (Phi) is 7.25. The molecule has 2 aliphatic rings. The van der Waals surface area contributed by atoms with Crippen molar-refractivity contribution in [3.05, 3.63) is 23.8 Å². The number of anilines is 2. The number of rotatable bonds is 3. The number of carbonyl (C=O) groups excluding carboxylic acids is 2. The summed E-state index contributed by atoms with van der Waals surface area (Å²) in [6, 6.07) is 3.55. The van der Waals surface area contributed by atoms with Crippen molar-refractivity contribution < 1.29 is 27.5 Å². The Morgan fingerprint density at radius 2 is 1.62 bits per heavy atom. The van der Waals surface area contributed by atoms with Crippen LogP contribution in [0.2, 0.25) is 0 Å². The third kappa shape index (κ3) is 6.29. The number of hydrogen-bond acceptors (Lipinski definition) is 4. The number of nitrogens with zero attached hydrogens (tertiary/aromatic N) is 2. The van der Waals surface area contributed by atoms with Crippen LogP contribution in [0.15, 0.2) is 18.2 Å².